The van der Waals surface area contributed by atoms with Crippen LogP contribution < -0.4 is 10.6 Å². The quantitative estimate of drug-likeness (QED) is 0.0724. The van der Waals surface area contributed by atoms with Crippen molar-refractivity contribution in [2.24, 2.45) is 11.8 Å². The molecule has 342 valence electrons. The smallest absolute Gasteiger partial charge is 0.407 e. The second kappa shape index (κ2) is 19.6. The Labute approximate surface area is 381 Å². The number of aromatic nitrogens is 4. The average molecular weight is 883 g/mol. The number of H-pyrrole nitrogens is 2. The van der Waals surface area contributed by atoms with Crippen LogP contribution >= 0.6 is 0 Å². The largest absolute Gasteiger partial charge is 0.465 e. The van der Waals surface area contributed by atoms with Crippen molar-refractivity contribution < 1.29 is 29.0 Å². The molecule has 14 heteroatoms. The zero-order chi connectivity index (χ0) is 46.6. The first-order valence-electron chi connectivity index (χ1n) is 22.6. The molecule has 65 heavy (non-hydrogen) atoms. The number of hydrogen-bond acceptors (Lipinski definition) is 7. The third-order valence-electron chi connectivity index (χ3n) is 12.6. The first kappa shape index (κ1) is 46.3. The summed E-state index contributed by atoms with van der Waals surface area (Å²) in [5.74, 6) is 0.697. The van der Waals surface area contributed by atoms with E-state index in [1.165, 1.54) is 12.7 Å². The molecule has 5 aromatic rings. The van der Waals surface area contributed by atoms with E-state index in [0.29, 0.717) is 24.7 Å². The lowest BCUT2D eigenvalue weighted by molar-refractivity contribution is -0.136. The number of rotatable bonds is 13. The molecule has 0 radical (unpaired) electrons. The van der Waals surface area contributed by atoms with Gasteiger partial charge in [-0.15, -0.1) is 0 Å². The fraction of sp³-hybridized carbons (Fsp3) is 0.412. The molecule has 3 aromatic carbocycles. The van der Waals surface area contributed by atoms with Gasteiger partial charge in [0.05, 0.1) is 43.0 Å². The normalized spacial score (nSPS) is 17.7. The first-order valence-corrected chi connectivity index (χ1v) is 22.6. The predicted octanol–water partition coefficient (Wildman–Crippen LogP) is 9.35. The molecule has 2 saturated heterocycles. The van der Waals surface area contributed by atoms with Gasteiger partial charge in [-0.2, -0.15) is 0 Å². The fourth-order valence-corrected chi connectivity index (χ4v) is 8.88. The van der Waals surface area contributed by atoms with Gasteiger partial charge in [0, 0.05) is 13.1 Å². The van der Waals surface area contributed by atoms with Gasteiger partial charge in [-0.1, -0.05) is 121 Å². The maximum Gasteiger partial charge on any atom is 0.407 e. The van der Waals surface area contributed by atoms with E-state index < -0.39 is 24.3 Å². The number of imidazole rings is 2. The average Bonchev–Trinajstić information content (AvgIpc) is 4.13. The predicted molar refractivity (Wildman–Crippen MR) is 251 cm³/mol. The van der Waals surface area contributed by atoms with Crippen molar-refractivity contribution in [3.8, 4) is 22.5 Å². The zero-order valence-corrected chi connectivity index (χ0v) is 38.6. The number of likely N-dealkylation sites (tertiary alicyclic amines) is 2. The molecular weight excluding hydrogens is 821 g/mol. The summed E-state index contributed by atoms with van der Waals surface area (Å²) in [7, 11) is 1.29. The Morgan fingerprint density at radius 2 is 1.15 bits per heavy atom. The van der Waals surface area contributed by atoms with Crippen LogP contribution in [0.25, 0.3) is 34.2 Å². The monoisotopic (exact) mass is 882 g/mol. The number of benzene rings is 3. The highest BCUT2D eigenvalue weighted by atomic mass is 16.5. The summed E-state index contributed by atoms with van der Waals surface area (Å²) in [5.41, 5.74) is 9.04. The molecule has 4 heterocycles. The summed E-state index contributed by atoms with van der Waals surface area (Å²) in [5, 5.41) is 14.5. The molecule has 7 rings (SSSR count). The Morgan fingerprint density at radius 1 is 0.708 bits per heavy atom. The summed E-state index contributed by atoms with van der Waals surface area (Å²) < 4.78 is 4.79. The minimum atomic E-state index is -1.22. The van der Waals surface area contributed by atoms with Crippen molar-refractivity contribution in [2.75, 3.05) is 20.2 Å². The Bertz CT molecular complexity index is 2500. The second-order valence-electron chi connectivity index (χ2n) is 18.9. The van der Waals surface area contributed by atoms with Crippen LogP contribution in [0.2, 0.25) is 0 Å². The number of methoxy groups -OCH3 is 1. The van der Waals surface area contributed by atoms with Crippen LogP contribution in [0.5, 0.6) is 0 Å². The first-order chi connectivity index (χ1) is 31.0. The fourth-order valence-electron chi connectivity index (χ4n) is 8.88. The van der Waals surface area contributed by atoms with Gasteiger partial charge in [0.15, 0.2) is 0 Å². The number of carboxylic acid groups (broad SMARTS) is 1. The van der Waals surface area contributed by atoms with Crippen LogP contribution in [-0.2, 0) is 19.7 Å². The number of nitrogens with zero attached hydrogens (tertiary/aromatic N) is 4. The molecule has 2 fully saturated rings. The molecule has 2 aliphatic heterocycles. The molecule has 0 unspecified atom stereocenters. The molecule has 0 aliphatic carbocycles. The van der Waals surface area contributed by atoms with Crippen LogP contribution in [0.15, 0.2) is 85.2 Å². The molecule has 2 aliphatic rings. The van der Waals surface area contributed by atoms with E-state index in [0.717, 1.165) is 70.5 Å². The van der Waals surface area contributed by atoms with Gasteiger partial charge in [-0.05, 0) is 88.0 Å². The van der Waals surface area contributed by atoms with Crippen LogP contribution in [-0.4, -0.2) is 91.1 Å². The zero-order valence-electron chi connectivity index (χ0n) is 38.6. The maximum absolute atomic E-state index is 13.7. The SMILES string of the molecule is COC(=O)N[C@H](C(=O)N1CCC[C@H]1c1ncc(-c2ccc(/C(=C/c3ccc(-c4cnc([C@@H]5CCCN5C(=O)[C@@H](NC(=O)O)C(C)C)[nH]4)cc3)c3ccc(C(C)(C)C)cc3)cc2)[nH]1)C(C)C. The molecule has 0 spiro atoms. The van der Waals surface area contributed by atoms with E-state index in [-0.39, 0.29) is 41.1 Å². The van der Waals surface area contributed by atoms with Crippen molar-refractivity contribution in [2.45, 2.75) is 104 Å². The minimum Gasteiger partial charge on any atom is -0.465 e. The van der Waals surface area contributed by atoms with Gasteiger partial charge < -0.3 is 40.2 Å². The Kier molecular flexibility index (Phi) is 13.9. The molecular formula is C51H62N8O6. The summed E-state index contributed by atoms with van der Waals surface area (Å²) in [6.07, 6.45) is 7.10. The topological polar surface area (TPSA) is 186 Å². The molecule has 4 amide bonds. The Balaban J connectivity index is 1.12. The van der Waals surface area contributed by atoms with Crippen LogP contribution in [0.3, 0.4) is 0 Å². The lowest BCUT2D eigenvalue weighted by atomic mass is 9.85. The van der Waals surface area contributed by atoms with Crippen LogP contribution in [0.1, 0.15) is 120 Å². The van der Waals surface area contributed by atoms with E-state index in [2.05, 4.69) is 120 Å². The van der Waals surface area contributed by atoms with Gasteiger partial charge in [0.2, 0.25) is 11.8 Å². The van der Waals surface area contributed by atoms with Crippen molar-refractivity contribution in [3.05, 3.63) is 119 Å². The van der Waals surface area contributed by atoms with Crippen molar-refractivity contribution in [1.29, 1.82) is 0 Å². The third kappa shape index (κ3) is 10.5. The molecule has 0 saturated carbocycles. The Hall–Kier alpha value is -6.70. The number of alkyl carbamates (subject to hydrolysis) is 1. The molecule has 2 aromatic heterocycles. The number of nitrogens with one attached hydrogen (secondary N) is 4. The summed E-state index contributed by atoms with van der Waals surface area (Å²) in [6, 6.07) is 23.4. The number of hydrogen-bond donors (Lipinski definition) is 5. The number of carbonyl (C=O) groups excluding carboxylic acids is 3. The van der Waals surface area contributed by atoms with E-state index in [9.17, 15) is 24.3 Å². The Morgan fingerprint density at radius 3 is 1.58 bits per heavy atom. The number of amides is 4. The van der Waals surface area contributed by atoms with Gasteiger partial charge >= 0.3 is 12.2 Å². The van der Waals surface area contributed by atoms with Gasteiger partial charge in [-0.25, -0.2) is 19.6 Å². The van der Waals surface area contributed by atoms with Crippen molar-refractivity contribution in [1.82, 2.24) is 40.4 Å². The number of ether oxygens (including phenoxy) is 1. The molecule has 14 nitrogen and oxygen atoms in total. The maximum atomic E-state index is 13.7. The number of carbonyl (C=O) groups is 4. The molecule has 4 atom stereocenters. The molecule has 5 N–H and O–H groups in total. The van der Waals surface area contributed by atoms with E-state index >= 15 is 0 Å². The third-order valence-corrected chi connectivity index (χ3v) is 12.6. The van der Waals surface area contributed by atoms with Crippen molar-refractivity contribution >= 4 is 35.6 Å². The summed E-state index contributed by atoms with van der Waals surface area (Å²) in [4.78, 5) is 70.7. The second-order valence-corrected chi connectivity index (χ2v) is 18.9. The van der Waals surface area contributed by atoms with Crippen LogP contribution in [0, 0.1) is 11.8 Å². The van der Waals surface area contributed by atoms with E-state index in [1.807, 2.05) is 38.8 Å². The van der Waals surface area contributed by atoms with Gasteiger partial charge in [0.25, 0.3) is 0 Å². The molecule has 0 bridgehead atoms. The van der Waals surface area contributed by atoms with Crippen molar-refractivity contribution in [3.63, 3.8) is 0 Å². The number of aromatic amines is 2. The highest BCUT2D eigenvalue weighted by molar-refractivity contribution is 5.92. The lowest BCUT2D eigenvalue weighted by Crippen LogP contribution is -2.51. The van der Waals surface area contributed by atoms with Gasteiger partial charge in [0.1, 0.15) is 23.7 Å². The van der Waals surface area contributed by atoms with Crippen LogP contribution in [0.4, 0.5) is 9.59 Å². The lowest BCUT2D eigenvalue weighted by Gasteiger charge is -2.30. The summed E-state index contributed by atoms with van der Waals surface area (Å²) >= 11 is 0. The standard InChI is InChI=1S/C51H62N8O6/c1-30(2)43(56-49(62)63)47(60)58-25-9-11-41(58)45-52-28-39(54-45)35-15-13-32(14-16-35)27-38(34-21-23-37(24-22-34)51(5,6)7)33-17-19-36(20-18-33)40-29-53-46(55-40)42-12-10-26-59(42)48(61)44(31(3)4)57-50(64)65-8/h13-24,27-31,41-44,56H,9-12,25-26H2,1-8H3,(H,52,54)(H,53,55)(H,57,64)(H,62,63)/b38-27-/t41-,42-,43-,44-/m0/s1. The summed E-state index contributed by atoms with van der Waals surface area (Å²) in [6.45, 7) is 15.2. The van der Waals surface area contributed by atoms with E-state index in [4.69, 9.17) is 14.7 Å². The minimum absolute atomic E-state index is 0.00783. The van der Waals surface area contributed by atoms with Gasteiger partial charge in [-0.3, -0.25) is 9.59 Å². The highest BCUT2D eigenvalue weighted by Crippen LogP contribution is 2.36. The van der Waals surface area contributed by atoms with E-state index in [1.54, 1.807) is 11.1 Å². The highest BCUT2D eigenvalue weighted by Gasteiger charge is 2.39.